The van der Waals surface area contributed by atoms with Gasteiger partial charge in [-0.3, -0.25) is 15.0 Å². The van der Waals surface area contributed by atoms with E-state index in [2.05, 4.69) is 10.3 Å². The number of hydrogen-bond acceptors (Lipinski definition) is 5. The zero-order valence-corrected chi connectivity index (χ0v) is 20.5. The molecule has 1 fully saturated rings. The van der Waals surface area contributed by atoms with Crippen molar-refractivity contribution in [1.82, 2.24) is 19.7 Å². The smallest absolute Gasteiger partial charge is 0.413 e. The van der Waals surface area contributed by atoms with Gasteiger partial charge in [-0.25, -0.2) is 14.6 Å². The van der Waals surface area contributed by atoms with Gasteiger partial charge >= 0.3 is 12.1 Å². The fourth-order valence-corrected chi connectivity index (χ4v) is 5.23. The Labute approximate surface area is 212 Å². The SMILES string of the molecule is CN1CC(c2cccc(Cl)c2Cl)=CN(CC(=O)N2CCC3(CC2)OC(=O)Nc2ncccc23)C1=O. The Bertz CT molecular complexity index is 1240. The zero-order chi connectivity index (χ0) is 24.7. The van der Waals surface area contributed by atoms with Crippen molar-refractivity contribution in [3.8, 4) is 0 Å². The monoisotopic (exact) mass is 515 g/mol. The third kappa shape index (κ3) is 4.30. The lowest BCUT2D eigenvalue weighted by atomic mass is 9.83. The van der Waals surface area contributed by atoms with Crippen LogP contribution < -0.4 is 5.32 Å². The molecule has 4 heterocycles. The summed E-state index contributed by atoms with van der Waals surface area (Å²) in [6.45, 7) is 1.00. The van der Waals surface area contributed by atoms with E-state index in [0.29, 0.717) is 48.3 Å². The van der Waals surface area contributed by atoms with Crippen LogP contribution in [0.4, 0.5) is 15.4 Å². The molecule has 3 aliphatic rings. The number of likely N-dealkylation sites (tertiary alicyclic amines) is 1. The second-order valence-electron chi connectivity index (χ2n) is 8.81. The van der Waals surface area contributed by atoms with Crippen LogP contribution in [-0.2, 0) is 15.1 Å². The lowest BCUT2D eigenvalue weighted by molar-refractivity contribution is -0.136. The first kappa shape index (κ1) is 23.4. The van der Waals surface area contributed by atoms with Gasteiger partial charge in [0.2, 0.25) is 5.91 Å². The molecule has 182 valence electrons. The van der Waals surface area contributed by atoms with Gasteiger partial charge in [-0.1, -0.05) is 35.3 Å². The van der Waals surface area contributed by atoms with Gasteiger partial charge in [0.15, 0.2) is 0 Å². The highest BCUT2D eigenvalue weighted by Crippen LogP contribution is 2.42. The maximum atomic E-state index is 13.2. The van der Waals surface area contributed by atoms with Crippen molar-refractivity contribution in [1.29, 1.82) is 0 Å². The first-order chi connectivity index (χ1) is 16.8. The van der Waals surface area contributed by atoms with Gasteiger partial charge in [-0.15, -0.1) is 0 Å². The van der Waals surface area contributed by atoms with Gasteiger partial charge in [0.1, 0.15) is 18.0 Å². The summed E-state index contributed by atoms with van der Waals surface area (Å²) >= 11 is 12.6. The number of rotatable bonds is 3. The first-order valence-electron chi connectivity index (χ1n) is 11.2. The highest BCUT2D eigenvalue weighted by molar-refractivity contribution is 6.43. The number of nitrogens with one attached hydrogen (secondary N) is 1. The molecular formula is C24H23Cl2N5O4. The van der Waals surface area contributed by atoms with E-state index in [1.54, 1.807) is 42.5 Å². The maximum Gasteiger partial charge on any atom is 0.413 e. The number of carbonyl (C=O) groups is 3. The molecule has 0 saturated carbocycles. The average molecular weight is 516 g/mol. The summed E-state index contributed by atoms with van der Waals surface area (Å²) in [6.07, 6.45) is 3.62. The number of nitrogens with zero attached hydrogens (tertiary/aromatic N) is 4. The van der Waals surface area contributed by atoms with Gasteiger partial charge in [0.25, 0.3) is 0 Å². The maximum absolute atomic E-state index is 13.2. The molecule has 3 aliphatic heterocycles. The van der Waals surface area contributed by atoms with Crippen molar-refractivity contribution in [2.45, 2.75) is 18.4 Å². The van der Waals surface area contributed by atoms with Crippen LogP contribution in [0.25, 0.3) is 5.57 Å². The summed E-state index contributed by atoms with van der Waals surface area (Å²) < 4.78 is 5.70. The molecule has 9 nitrogen and oxygen atoms in total. The molecule has 1 aromatic heterocycles. The molecule has 35 heavy (non-hydrogen) atoms. The molecular weight excluding hydrogens is 493 g/mol. The molecule has 1 spiro atoms. The molecule has 2 aromatic rings. The summed E-state index contributed by atoms with van der Waals surface area (Å²) in [5, 5.41) is 3.45. The minimum Gasteiger partial charge on any atom is -0.437 e. The number of piperidine rings is 1. The van der Waals surface area contributed by atoms with Crippen LogP contribution in [0.3, 0.4) is 0 Å². The van der Waals surface area contributed by atoms with Crippen LogP contribution in [0.1, 0.15) is 24.0 Å². The Morgan fingerprint density at radius 3 is 2.71 bits per heavy atom. The zero-order valence-electron chi connectivity index (χ0n) is 19.0. The molecule has 5 rings (SSSR count). The van der Waals surface area contributed by atoms with Crippen LogP contribution in [0.5, 0.6) is 0 Å². The average Bonchev–Trinajstić information content (AvgIpc) is 2.84. The number of benzene rings is 1. The van der Waals surface area contributed by atoms with Gasteiger partial charge < -0.3 is 14.5 Å². The van der Waals surface area contributed by atoms with Crippen molar-refractivity contribution < 1.29 is 19.1 Å². The Hall–Kier alpha value is -3.30. The molecule has 0 bridgehead atoms. The van der Waals surface area contributed by atoms with E-state index in [0.717, 1.165) is 16.7 Å². The number of anilines is 1. The molecule has 1 aromatic carbocycles. The van der Waals surface area contributed by atoms with Gasteiger partial charge in [0, 0.05) is 63.0 Å². The minimum atomic E-state index is -0.819. The lowest BCUT2D eigenvalue weighted by Crippen LogP contribution is -2.52. The van der Waals surface area contributed by atoms with E-state index in [1.165, 1.54) is 9.80 Å². The lowest BCUT2D eigenvalue weighted by Gasteiger charge is -2.44. The van der Waals surface area contributed by atoms with Crippen LogP contribution >= 0.6 is 23.2 Å². The summed E-state index contributed by atoms with van der Waals surface area (Å²) in [5.74, 6) is 0.297. The Balaban J connectivity index is 1.31. The highest BCUT2D eigenvalue weighted by atomic mass is 35.5. The van der Waals surface area contributed by atoms with E-state index < -0.39 is 11.7 Å². The van der Waals surface area contributed by atoms with Crippen molar-refractivity contribution in [2.24, 2.45) is 0 Å². The topological polar surface area (TPSA) is 95.1 Å². The molecule has 11 heteroatoms. The van der Waals surface area contributed by atoms with Crippen molar-refractivity contribution in [3.05, 3.63) is 63.9 Å². The Morgan fingerprint density at radius 2 is 1.94 bits per heavy atom. The van der Waals surface area contributed by atoms with Crippen LogP contribution in [0, 0.1) is 0 Å². The molecule has 1 N–H and O–H groups in total. The predicted molar refractivity (Wildman–Crippen MR) is 131 cm³/mol. The van der Waals surface area contributed by atoms with Gasteiger partial charge in [0.05, 0.1) is 10.0 Å². The quantitative estimate of drug-likeness (QED) is 0.661. The van der Waals surface area contributed by atoms with Crippen LogP contribution in [0.15, 0.2) is 42.7 Å². The number of amides is 4. The fourth-order valence-electron chi connectivity index (χ4n) is 4.81. The third-order valence-electron chi connectivity index (χ3n) is 6.63. The number of aromatic nitrogens is 1. The summed E-state index contributed by atoms with van der Waals surface area (Å²) in [7, 11) is 1.67. The number of urea groups is 1. The number of fused-ring (bicyclic) bond motifs is 2. The number of ether oxygens (including phenoxy) is 1. The number of hydrogen-bond donors (Lipinski definition) is 1. The normalized spacial score (nSPS) is 19.2. The predicted octanol–water partition coefficient (Wildman–Crippen LogP) is 4.18. The van der Waals surface area contributed by atoms with Crippen LogP contribution in [0.2, 0.25) is 10.0 Å². The van der Waals surface area contributed by atoms with E-state index >= 15 is 0 Å². The highest BCUT2D eigenvalue weighted by Gasteiger charge is 2.45. The molecule has 4 amide bonds. The van der Waals surface area contributed by atoms with E-state index in [-0.39, 0.29) is 18.5 Å². The Morgan fingerprint density at radius 1 is 1.17 bits per heavy atom. The summed E-state index contributed by atoms with van der Waals surface area (Å²) in [6, 6.07) is 8.73. The van der Waals surface area contributed by atoms with Crippen molar-refractivity contribution >= 4 is 52.6 Å². The second-order valence-corrected chi connectivity index (χ2v) is 9.60. The molecule has 0 radical (unpaired) electrons. The number of carbonyl (C=O) groups excluding carboxylic acids is 3. The van der Waals surface area contributed by atoms with E-state index in [1.807, 2.05) is 12.1 Å². The fraction of sp³-hybridized carbons (Fsp3) is 0.333. The molecule has 1 saturated heterocycles. The van der Waals surface area contributed by atoms with Crippen LogP contribution in [-0.4, -0.2) is 70.9 Å². The summed E-state index contributed by atoms with van der Waals surface area (Å²) in [5.41, 5.74) is 1.50. The van der Waals surface area contributed by atoms with E-state index in [4.69, 9.17) is 27.9 Å². The minimum absolute atomic E-state index is 0.114. The van der Waals surface area contributed by atoms with Crippen molar-refractivity contribution in [3.63, 3.8) is 0 Å². The second kappa shape index (κ2) is 9.05. The molecule has 0 aliphatic carbocycles. The third-order valence-corrected chi connectivity index (χ3v) is 7.44. The van der Waals surface area contributed by atoms with Gasteiger partial charge in [-0.05, 0) is 23.8 Å². The largest absolute Gasteiger partial charge is 0.437 e. The number of halogens is 2. The van der Waals surface area contributed by atoms with E-state index in [9.17, 15) is 14.4 Å². The van der Waals surface area contributed by atoms with Gasteiger partial charge in [-0.2, -0.15) is 0 Å². The number of likely N-dealkylation sites (N-methyl/N-ethyl adjacent to an activating group) is 1. The molecule has 0 unspecified atom stereocenters. The Kier molecular flexibility index (Phi) is 6.06. The first-order valence-corrected chi connectivity index (χ1v) is 11.9. The summed E-state index contributed by atoms with van der Waals surface area (Å²) in [4.78, 5) is 46.9. The standard InChI is InChI=1S/C24H23Cl2N5O4/c1-29-12-15(16-4-2-6-18(25)20(16)26)13-31(23(29)34)14-19(32)30-10-7-24(8-11-30)17-5-3-9-27-21(17)28-22(33)35-24/h2-6,9,13H,7-8,10-12,14H2,1H3,(H,27,28,33). The molecule has 0 atom stereocenters. The number of pyridine rings is 1. The van der Waals surface area contributed by atoms with Crippen molar-refractivity contribution in [2.75, 3.05) is 38.5 Å².